The van der Waals surface area contributed by atoms with Crippen molar-refractivity contribution in [3.63, 3.8) is 0 Å². The number of carbonyl (C=O) groups excluding carboxylic acids is 2. The van der Waals surface area contributed by atoms with Crippen LogP contribution in [0.5, 0.6) is 0 Å². The summed E-state index contributed by atoms with van der Waals surface area (Å²) in [5.74, 6) is -0.984. The average Bonchev–Trinajstić information content (AvgIpc) is 2.66. The van der Waals surface area contributed by atoms with Gasteiger partial charge in [0.25, 0.3) is 0 Å². The van der Waals surface area contributed by atoms with E-state index in [-0.39, 0.29) is 24.6 Å². The fourth-order valence-corrected chi connectivity index (χ4v) is 2.87. The molecule has 0 fully saturated rings. The fourth-order valence-electron chi connectivity index (χ4n) is 2.55. The number of methoxy groups -OCH3 is 2. The Kier molecular flexibility index (Phi) is 7.35. The Hall–Kier alpha value is -1.96. The highest BCUT2D eigenvalue weighted by Gasteiger charge is 2.33. The van der Waals surface area contributed by atoms with Crippen LogP contribution in [0.4, 0.5) is 11.4 Å². The molecule has 148 valence electrons. The van der Waals surface area contributed by atoms with Gasteiger partial charge in [-0.2, -0.15) is 0 Å². The minimum absolute atomic E-state index is 0.0270. The van der Waals surface area contributed by atoms with Crippen LogP contribution in [-0.2, 0) is 23.8 Å². The predicted octanol–water partition coefficient (Wildman–Crippen LogP) is 3.46. The summed E-state index contributed by atoms with van der Waals surface area (Å²) in [5, 5.41) is 3.95. The van der Waals surface area contributed by atoms with Crippen molar-refractivity contribution in [1.29, 1.82) is 0 Å². The molecule has 0 saturated carbocycles. The van der Waals surface area contributed by atoms with E-state index in [2.05, 4.69) is 19.2 Å². The lowest BCUT2D eigenvalue weighted by Crippen LogP contribution is -2.39. The summed E-state index contributed by atoms with van der Waals surface area (Å²) in [7, 11) is 2.47. The summed E-state index contributed by atoms with van der Waals surface area (Å²) in [6, 6.07) is 3.28. The Morgan fingerprint density at radius 1 is 1.19 bits per heavy atom. The Morgan fingerprint density at radius 2 is 1.81 bits per heavy atom. The minimum atomic E-state index is -0.681. The van der Waals surface area contributed by atoms with Gasteiger partial charge >= 0.3 is 11.9 Å². The summed E-state index contributed by atoms with van der Waals surface area (Å²) in [4.78, 5) is 26.1. The molecule has 1 aromatic carbocycles. The number of anilines is 2. The highest BCUT2D eigenvalue weighted by Crippen LogP contribution is 2.38. The van der Waals surface area contributed by atoms with Crippen LogP contribution in [0.15, 0.2) is 23.4 Å². The lowest BCUT2D eigenvalue weighted by molar-refractivity contribution is -0.140. The summed E-state index contributed by atoms with van der Waals surface area (Å²) in [6.45, 7) is 4.75. The van der Waals surface area contributed by atoms with Crippen molar-refractivity contribution in [3.05, 3.63) is 33.4 Å². The summed E-state index contributed by atoms with van der Waals surface area (Å²) < 4.78 is 15.2. The van der Waals surface area contributed by atoms with Gasteiger partial charge in [0.15, 0.2) is 0 Å². The van der Waals surface area contributed by atoms with E-state index in [4.69, 9.17) is 37.4 Å². The Bertz CT molecular complexity index is 764. The molecule has 0 atom stereocenters. The van der Waals surface area contributed by atoms with Gasteiger partial charge in [-0.3, -0.25) is 0 Å². The molecule has 1 aromatic rings. The SMILES string of the molecule is COC(=O)C1=C(C(=O)OC)N(c2cc(Cl)c(Cl)cc2NCC(C)C)COC1. The molecular formula is C18H22Cl2N2O5. The Morgan fingerprint density at radius 3 is 2.41 bits per heavy atom. The maximum absolute atomic E-state index is 12.4. The van der Waals surface area contributed by atoms with Crippen molar-refractivity contribution in [1.82, 2.24) is 0 Å². The van der Waals surface area contributed by atoms with Crippen molar-refractivity contribution in [2.45, 2.75) is 13.8 Å². The normalized spacial score (nSPS) is 14.4. The first-order chi connectivity index (χ1) is 12.8. The number of esters is 2. The summed E-state index contributed by atoms with van der Waals surface area (Å²) >= 11 is 12.4. The van der Waals surface area contributed by atoms with Crippen LogP contribution < -0.4 is 10.2 Å². The highest BCUT2D eigenvalue weighted by molar-refractivity contribution is 6.42. The van der Waals surface area contributed by atoms with Crippen molar-refractivity contribution < 1.29 is 23.8 Å². The number of ether oxygens (including phenoxy) is 3. The standard InChI is InChI=1S/C18H22Cl2N2O5/c1-10(2)7-21-14-5-12(19)13(20)6-15(14)22-9-27-8-11(17(23)25-3)16(22)18(24)26-4/h5-6,10,21H,7-9H2,1-4H3. The number of nitrogens with one attached hydrogen (secondary N) is 1. The summed E-state index contributed by atoms with van der Waals surface area (Å²) in [5.41, 5.74) is 1.29. The van der Waals surface area contributed by atoms with Gasteiger partial charge in [-0.1, -0.05) is 37.0 Å². The van der Waals surface area contributed by atoms with Crippen molar-refractivity contribution in [2.24, 2.45) is 5.92 Å². The average molecular weight is 417 g/mol. The van der Waals surface area contributed by atoms with E-state index in [1.165, 1.54) is 19.1 Å². The molecular weight excluding hydrogens is 395 g/mol. The van der Waals surface area contributed by atoms with Gasteiger partial charge < -0.3 is 24.4 Å². The zero-order valence-electron chi connectivity index (χ0n) is 15.6. The van der Waals surface area contributed by atoms with Crippen molar-refractivity contribution >= 4 is 46.5 Å². The molecule has 0 spiro atoms. The second kappa shape index (κ2) is 9.30. The third kappa shape index (κ3) is 4.86. The molecule has 1 aliphatic heterocycles. The number of hydrogen-bond acceptors (Lipinski definition) is 7. The Labute approximate surface area is 168 Å². The first kappa shape index (κ1) is 21.3. The summed E-state index contributed by atoms with van der Waals surface area (Å²) in [6.07, 6.45) is 0. The Balaban J connectivity index is 2.61. The quantitative estimate of drug-likeness (QED) is 0.711. The lowest BCUT2D eigenvalue weighted by atomic mass is 10.1. The van der Waals surface area contributed by atoms with Gasteiger partial charge in [0.05, 0.1) is 47.8 Å². The molecule has 1 heterocycles. The molecule has 2 rings (SSSR count). The molecule has 0 aromatic heterocycles. The number of carbonyl (C=O) groups is 2. The number of hydrogen-bond donors (Lipinski definition) is 1. The van der Waals surface area contributed by atoms with Gasteiger partial charge in [-0.25, -0.2) is 9.59 Å². The predicted molar refractivity (Wildman–Crippen MR) is 104 cm³/mol. The third-order valence-electron chi connectivity index (χ3n) is 3.86. The van der Waals surface area contributed by atoms with Gasteiger partial charge in [-0.15, -0.1) is 0 Å². The molecule has 9 heteroatoms. The van der Waals surface area contributed by atoms with Crippen molar-refractivity contribution in [2.75, 3.05) is 44.3 Å². The van der Waals surface area contributed by atoms with Crippen LogP contribution >= 0.6 is 23.2 Å². The van der Waals surface area contributed by atoms with E-state index < -0.39 is 11.9 Å². The largest absolute Gasteiger partial charge is 0.466 e. The topological polar surface area (TPSA) is 77.1 Å². The van der Waals surface area contributed by atoms with E-state index in [1.807, 2.05) is 0 Å². The smallest absolute Gasteiger partial charge is 0.355 e. The maximum Gasteiger partial charge on any atom is 0.355 e. The zero-order valence-corrected chi connectivity index (χ0v) is 17.1. The van der Waals surface area contributed by atoms with Crippen LogP contribution in [0.2, 0.25) is 10.0 Å². The molecule has 0 saturated heterocycles. The molecule has 0 aliphatic carbocycles. The molecule has 1 N–H and O–H groups in total. The van der Waals surface area contributed by atoms with E-state index in [9.17, 15) is 9.59 Å². The maximum atomic E-state index is 12.4. The third-order valence-corrected chi connectivity index (χ3v) is 4.59. The van der Waals surface area contributed by atoms with Crippen molar-refractivity contribution in [3.8, 4) is 0 Å². The first-order valence-corrected chi connectivity index (χ1v) is 9.03. The highest BCUT2D eigenvalue weighted by atomic mass is 35.5. The number of rotatable bonds is 6. The van der Waals surface area contributed by atoms with Gasteiger partial charge in [0.1, 0.15) is 12.4 Å². The van der Waals surface area contributed by atoms with Gasteiger partial charge in [0, 0.05) is 6.54 Å². The zero-order chi connectivity index (χ0) is 20.1. The van der Waals surface area contributed by atoms with Crippen LogP contribution in [0, 0.1) is 5.92 Å². The molecule has 0 unspecified atom stereocenters. The molecule has 0 amide bonds. The van der Waals surface area contributed by atoms with Crippen LogP contribution in [0.1, 0.15) is 13.8 Å². The number of nitrogens with zero attached hydrogens (tertiary/aromatic N) is 1. The number of halogens is 2. The monoisotopic (exact) mass is 416 g/mol. The van der Waals surface area contributed by atoms with Gasteiger partial charge in [0.2, 0.25) is 0 Å². The van der Waals surface area contributed by atoms with E-state index in [0.29, 0.717) is 33.9 Å². The second-order valence-electron chi connectivity index (χ2n) is 6.27. The van der Waals surface area contributed by atoms with Crippen LogP contribution in [0.3, 0.4) is 0 Å². The fraction of sp³-hybridized carbons (Fsp3) is 0.444. The lowest BCUT2D eigenvalue weighted by Gasteiger charge is -2.33. The molecule has 27 heavy (non-hydrogen) atoms. The second-order valence-corrected chi connectivity index (χ2v) is 7.09. The number of benzene rings is 1. The van der Waals surface area contributed by atoms with Gasteiger partial charge in [-0.05, 0) is 18.1 Å². The van der Waals surface area contributed by atoms with E-state index in [0.717, 1.165) is 0 Å². The molecule has 0 radical (unpaired) electrons. The van der Waals surface area contributed by atoms with E-state index >= 15 is 0 Å². The molecule has 1 aliphatic rings. The minimum Gasteiger partial charge on any atom is -0.466 e. The molecule has 7 nitrogen and oxygen atoms in total. The molecule has 0 bridgehead atoms. The van der Waals surface area contributed by atoms with Crippen LogP contribution in [0.25, 0.3) is 0 Å². The van der Waals surface area contributed by atoms with Crippen LogP contribution in [-0.4, -0.2) is 46.0 Å². The first-order valence-electron chi connectivity index (χ1n) is 8.28. The van der Waals surface area contributed by atoms with E-state index in [1.54, 1.807) is 12.1 Å².